The molecule has 0 aromatic heterocycles. The molecular formula is C16H26N2. The highest BCUT2D eigenvalue weighted by Gasteiger charge is 2.40. The monoisotopic (exact) mass is 246 g/mol. The van der Waals surface area contributed by atoms with E-state index in [-0.39, 0.29) is 11.6 Å². The molecular weight excluding hydrogens is 220 g/mol. The second-order valence-corrected chi connectivity index (χ2v) is 5.84. The molecule has 0 spiro atoms. The first-order chi connectivity index (χ1) is 8.65. The largest absolute Gasteiger partial charge is 0.326 e. The molecule has 1 aliphatic rings. The molecule has 0 heterocycles. The Morgan fingerprint density at radius 1 is 1.17 bits per heavy atom. The van der Waals surface area contributed by atoms with Crippen molar-refractivity contribution in [1.82, 2.24) is 4.90 Å². The summed E-state index contributed by atoms with van der Waals surface area (Å²) in [5.74, 6) is 0. The predicted molar refractivity (Wildman–Crippen MR) is 77.6 cm³/mol. The quantitative estimate of drug-likeness (QED) is 0.865. The molecule has 2 rings (SSSR count). The maximum absolute atomic E-state index is 6.52. The molecule has 1 unspecified atom stereocenters. The van der Waals surface area contributed by atoms with E-state index in [1.54, 1.807) is 0 Å². The maximum Gasteiger partial charge on any atom is 0.0354 e. The van der Waals surface area contributed by atoms with Crippen LogP contribution in [-0.2, 0) is 6.42 Å². The lowest BCUT2D eigenvalue weighted by molar-refractivity contribution is 0.119. The average molecular weight is 246 g/mol. The van der Waals surface area contributed by atoms with Gasteiger partial charge in [-0.25, -0.2) is 0 Å². The van der Waals surface area contributed by atoms with E-state index in [0.29, 0.717) is 0 Å². The molecule has 0 radical (unpaired) electrons. The summed E-state index contributed by atoms with van der Waals surface area (Å²) in [4.78, 5) is 2.37. The molecule has 0 saturated heterocycles. The van der Waals surface area contributed by atoms with Gasteiger partial charge in [0.1, 0.15) is 0 Å². The van der Waals surface area contributed by atoms with Gasteiger partial charge >= 0.3 is 0 Å². The topological polar surface area (TPSA) is 29.3 Å². The van der Waals surface area contributed by atoms with Gasteiger partial charge in [0.15, 0.2) is 0 Å². The standard InChI is InChI=1S/C16H26N2/c1-18(2)16(12-6-7-13-16)15(17)11-10-14-8-4-3-5-9-14/h3-5,8-9,15H,6-7,10-13,17H2,1-2H3. The Morgan fingerprint density at radius 3 is 2.33 bits per heavy atom. The molecule has 0 aliphatic heterocycles. The van der Waals surface area contributed by atoms with Crippen molar-refractivity contribution in [1.29, 1.82) is 0 Å². The Hall–Kier alpha value is -0.860. The second kappa shape index (κ2) is 5.85. The third-order valence-electron chi connectivity index (χ3n) is 4.64. The SMILES string of the molecule is CN(C)C1(C(N)CCc2ccccc2)CCCC1. The van der Waals surface area contributed by atoms with E-state index in [9.17, 15) is 0 Å². The van der Waals surface area contributed by atoms with Crippen LogP contribution < -0.4 is 5.73 Å². The lowest BCUT2D eigenvalue weighted by atomic mass is 9.84. The van der Waals surface area contributed by atoms with Crippen molar-refractivity contribution in [3.05, 3.63) is 35.9 Å². The summed E-state index contributed by atoms with van der Waals surface area (Å²) in [5, 5.41) is 0. The Morgan fingerprint density at radius 2 is 1.78 bits per heavy atom. The number of nitrogens with two attached hydrogens (primary N) is 1. The maximum atomic E-state index is 6.52. The molecule has 2 heteroatoms. The average Bonchev–Trinajstić information content (AvgIpc) is 2.88. The molecule has 1 atom stereocenters. The molecule has 0 bridgehead atoms. The lowest BCUT2D eigenvalue weighted by Gasteiger charge is -2.41. The van der Waals surface area contributed by atoms with E-state index in [1.807, 2.05) is 0 Å². The third kappa shape index (κ3) is 2.76. The van der Waals surface area contributed by atoms with Crippen molar-refractivity contribution >= 4 is 0 Å². The first-order valence-electron chi connectivity index (χ1n) is 7.12. The lowest BCUT2D eigenvalue weighted by Crippen LogP contribution is -2.55. The van der Waals surface area contributed by atoms with Crippen LogP contribution in [0, 0.1) is 0 Å². The van der Waals surface area contributed by atoms with E-state index < -0.39 is 0 Å². The fraction of sp³-hybridized carbons (Fsp3) is 0.625. The molecule has 1 fully saturated rings. The minimum atomic E-state index is 0.245. The Balaban J connectivity index is 1.96. The van der Waals surface area contributed by atoms with Crippen molar-refractivity contribution in [2.45, 2.75) is 50.1 Å². The zero-order chi connectivity index (χ0) is 13.0. The summed E-state index contributed by atoms with van der Waals surface area (Å²) in [7, 11) is 4.38. The van der Waals surface area contributed by atoms with Crippen LogP contribution in [0.4, 0.5) is 0 Å². The van der Waals surface area contributed by atoms with Gasteiger partial charge in [-0.05, 0) is 45.3 Å². The van der Waals surface area contributed by atoms with Crippen LogP contribution in [0.5, 0.6) is 0 Å². The van der Waals surface area contributed by atoms with Crippen molar-refractivity contribution < 1.29 is 0 Å². The number of hydrogen-bond acceptors (Lipinski definition) is 2. The number of likely N-dealkylation sites (N-methyl/N-ethyl adjacent to an activating group) is 1. The minimum absolute atomic E-state index is 0.245. The summed E-state index contributed by atoms with van der Waals surface area (Å²) >= 11 is 0. The van der Waals surface area contributed by atoms with Gasteiger partial charge in [-0.15, -0.1) is 0 Å². The Bertz CT molecular complexity index is 353. The van der Waals surface area contributed by atoms with E-state index in [0.717, 1.165) is 12.8 Å². The highest BCUT2D eigenvalue weighted by atomic mass is 15.2. The first kappa shape index (κ1) is 13.6. The van der Waals surface area contributed by atoms with E-state index in [2.05, 4.69) is 49.3 Å². The van der Waals surface area contributed by atoms with E-state index >= 15 is 0 Å². The normalized spacial score (nSPS) is 20.2. The van der Waals surface area contributed by atoms with Gasteiger partial charge in [0.05, 0.1) is 0 Å². The number of aryl methyl sites for hydroxylation is 1. The van der Waals surface area contributed by atoms with Crippen LogP contribution >= 0.6 is 0 Å². The van der Waals surface area contributed by atoms with Crippen LogP contribution in [0.2, 0.25) is 0 Å². The zero-order valence-corrected chi connectivity index (χ0v) is 11.7. The van der Waals surface area contributed by atoms with Crippen LogP contribution in [0.1, 0.15) is 37.7 Å². The smallest absolute Gasteiger partial charge is 0.0354 e. The summed E-state index contributed by atoms with van der Waals surface area (Å²) in [6, 6.07) is 11.0. The van der Waals surface area contributed by atoms with Gasteiger partial charge in [-0.1, -0.05) is 43.2 Å². The fourth-order valence-corrected chi connectivity index (χ4v) is 3.37. The molecule has 1 aromatic carbocycles. The Kier molecular flexibility index (Phi) is 4.41. The Labute approximate surface area is 111 Å². The van der Waals surface area contributed by atoms with Crippen molar-refractivity contribution in [3.8, 4) is 0 Å². The van der Waals surface area contributed by atoms with Gasteiger partial charge in [0.25, 0.3) is 0 Å². The zero-order valence-electron chi connectivity index (χ0n) is 11.7. The third-order valence-corrected chi connectivity index (χ3v) is 4.64. The van der Waals surface area contributed by atoms with Crippen LogP contribution in [0.3, 0.4) is 0 Å². The summed E-state index contributed by atoms with van der Waals surface area (Å²) in [6.45, 7) is 0. The minimum Gasteiger partial charge on any atom is -0.326 e. The van der Waals surface area contributed by atoms with Gasteiger partial charge in [0.2, 0.25) is 0 Å². The van der Waals surface area contributed by atoms with Crippen LogP contribution in [0.25, 0.3) is 0 Å². The van der Waals surface area contributed by atoms with E-state index in [4.69, 9.17) is 5.73 Å². The number of nitrogens with zero attached hydrogens (tertiary/aromatic N) is 1. The molecule has 0 amide bonds. The number of rotatable bonds is 5. The molecule has 1 saturated carbocycles. The molecule has 100 valence electrons. The van der Waals surface area contributed by atoms with Gasteiger partial charge < -0.3 is 10.6 Å². The second-order valence-electron chi connectivity index (χ2n) is 5.84. The van der Waals surface area contributed by atoms with Crippen molar-refractivity contribution in [3.63, 3.8) is 0 Å². The van der Waals surface area contributed by atoms with E-state index in [1.165, 1.54) is 31.2 Å². The summed E-state index contributed by atoms with van der Waals surface area (Å²) in [5.41, 5.74) is 8.17. The molecule has 1 aliphatic carbocycles. The predicted octanol–water partition coefficient (Wildman–Crippen LogP) is 2.82. The number of hydrogen-bond donors (Lipinski definition) is 1. The van der Waals surface area contributed by atoms with Crippen LogP contribution in [-0.4, -0.2) is 30.6 Å². The first-order valence-corrected chi connectivity index (χ1v) is 7.12. The van der Waals surface area contributed by atoms with Crippen molar-refractivity contribution in [2.75, 3.05) is 14.1 Å². The summed E-state index contributed by atoms with van der Waals surface area (Å²) < 4.78 is 0. The molecule has 2 nitrogen and oxygen atoms in total. The fourth-order valence-electron chi connectivity index (χ4n) is 3.37. The molecule has 18 heavy (non-hydrogen) atoms. The van der Waals surface area contributed by atoms with Gasteiger partial charge in [0, 0.05) is 11.6 Å². The number of benzene rings is 1. The highest BCUT2D eigenvalue weighted by molar-refractivity contribution is 5.15. The van der Waals surface area contributed by atoms with Crippen LogP contribution in [0.15, 0.2) is 30.3 Å². The van der Waals surface area contributed by atoms with Gasteiger partial charge in [-0.2, -0.15) is 0 Å². The highest BCUT2D eigenvalue weighted by Crippen LogP contribution is 2.37. The van der Waals surface area contributed by atoms with Gasteiger partial charge in [-0.3, -0.25) is 0 Å². The molecule has 1 aromatic rings. The molecule has 2 N–H and O–H groups in total. The summed E-state index contributed by atoms with van der Waals surface area (Å²) in [6.07, 6.45) is 7.36. The van der Waals surface area contributed by atoms with Crippen molar-refractivity contribution in [2.24, 2.45) is 5.73 Å².